The van der Waals surface area contributed by atoms with Gasteiger partial charge >= 0.3 is 0 Å². The fourth-order valence-corrected chi connectivity index (χ4v) is 0.820. The first kappa shape index (κ1) is 14.4. The number of unbranched alkanes of at least 4 members (excludes halogenated alkanes) is 4. The second-order valence-corrected chi connectivity index (χ2v) is 2.61. The fourth-order valence-electron chi connectivity index (χ4n) is 0.820. The predicted molar refractivity (Wildman–Crippen MR) is 47.9 cm³/mol. The number of hydrogen-bond acceptors (Lipinski definition) is 0. The van der Waals surface area contributed by atoms with Crippen molar-refractivity contribution in [2.24, 2.45) is 0 Å². The van der Waals surface area contributed by atoms with Crippen molar-refractivity contribution in [1.82, 2.24) is 0 Å². The van der Waals surface area contributed by atoms with E-state index in [2.05, 4.69) is 26.0 Å². The minimum absolute atomic E-state index is 0. The summed E-state index contributed by atoms with van der Waals surface area (Å²) in [4.78, 5) is 0. The third-order valence-corrected chi connectivity index (χ3v) is 1.51. The first-order valence-corrected chi connectivity index (χ1v) is 4.36. The molecular weight excluding hydrogens is 209 g/mol. The van der Waals surface area contributed by atoms with Crippen LogP contribution in [0.25, 0.3) is 0 Å². The Kier molecular flexibility index (Phi) is 17.6. The minimum atomic E-state index is 0. The first-order chi connectivity index (χ1) is 4.91. The van der Waals surface area contributed by atoms with Crippen LogP contribution < -0.4 is 0 Å². The first-order valence-electron chi connectivity index (χ1n) is 4.36. The average molecular weight is 228 g/mol. The summed E-state index contributed by atoms with van der Waals surface area (Å²) in [6.45, 7) is 6.01. The summed E-state index contributed by atoms with van der Waals surface area (Å²) in [5, 5.41) is 0. The quantitative estimate of drug-likeness (QED) is 0.369. The Balaban J connectivity index is 0. The summed E-state index contributed by atoms with van der Waals surface area (Å²) in [7, 11) is 0. The van der Waals surface area contributed by atoms with Gasteiger partial charge < -0.3 is 6.92 Å². The van der Waals surface area contributed by atoms with Crippen LogP contribution in [-0.4, -0.2) is 0 Å². The Morgan fingerprint density at radius 3 is 2.09 bits per heavy atom. The second kappa shape index (κ2) is 13.4. The van der Waals surface area contributed by atoms with Gasteiger partial charge in [0.1, 0.15) is 0 Å². The Morgan fingerprint density at radius 1 is 1.09 bits per heavy atom. The van der Waals surface area contributed by atoms with Crippen LogP contribution in [0, 0.1) is 6.92 Å². The Bertz CT molecular complexity index is 66.9. The second-order valence-electron chi connectivity index (χ2n) is 2.61. The number of allylic oxidation sites excluding steroid dienone is 2. The molecule has 0 aromatic carbocycles. The molecule has 63 valence electrons. The van der Waals surface area contributed by atoms with Crippen molar-refractivity contribution in [3.05, 3.63) is 19.1 Å². The molecule has 0 aromatic heterocycles. The van der Waals surface area contributed by atoms with Crippen LogP contribution in [-0.2, 0) is 32.7 Å². The van der Waals surface area contributed by atoms with Gasteiger partial charge in [0, 0.05) is 32.7 Å². The predicted octanol–water partition coefficient (Wildman–Crippen LogP) is 3.73. The summed E-state index contributed by atoms with van der Waals surface area (Å²) in [5.41, 5.74) is 0. The molecule has 0 N–H and O–H groups in total. The summed E-state index contributed by atoms with van der Waals surface area (Å²) >= 11 is 0. The molecule has 0 bridgehead atoms. The van der Waals surface area contributed by atoms with E-state index in [9.17, 15) is 0 Å². The van der Waals surface area contributed by atoms with Crippen LogP contribution in [0.3, 0.4) is 0 Å². The molecule has 0 rings (SSSR count). The number of rotatable bonds is 6. The Hall–Kier alpha value is 0.844. The summed E-state index contributed by atoms with van der Waals surface area (Å²) in [5.74, 6) is 0. The molecule has 0 aliphatic carbocycles. The van der Waals surface area contributed by atoms with Gasteiger partial charge in [-0.3, -0.25) is 0 Å². The van der Waals surface area contributed by atoms with Gasteiger partial charge in [-0.15, -0.1) is 0 Å². The van der Waals surface area contributed by atoms with Gasteiger partial charge in [0.05, 0.1) is 0 Å². The third-order valence-electron chi connectivity index (χ3n) is 1.51. The molecule has 0 fully saturated rings. The van der Waals surface area contributed by atoms with Crippen molar-refractivity contribution in [3.63, 3.8) is 0 Å². The van der Waals surface area contributed by atoms with E-state index in [4.69, 9.17) is 0 Å². The van der Waals surface area contributed by atoms with E-state index < -0.39 is 0 Å². The molecule has 0 aliphatic heterocycles. The third kappa shape index (κ3) is 13.8. The van der Waals surface area contributed by atoms with Crippen LogP contribution in [0.5, 0.6) is 0 Å². The maximum absolute atomic E-state index is 3.79. The summed E-state index contributed by atoms with van der Waals surface area (Å²) < 4.78 is 0. The molecule has 0 nitrogen and oxygen atoms in total. The van der Waals surface area contributed by atoms with Gasteiger partial charge in [-0.05, 0) is 12.8 Å². The van der Waals surface area contributed by atoms with E-state index in [0.29, 0.717) is 0 Å². The molecule has 0 aromatic rings. The van der Waals surface area contributed by atoms with Crippen molar-refractivity contribution >= 4 is 0 Å². The molecule has 0 unspecified atom stereocenters. The van der Waals surface area contributed by atoms with Crippen LogP contribution in [0.15, 0.2) is 12.2 Å². The van der Waals surface area contributed by atoms with Gasteiger partial charge in [0.15, 0.2) is 0 Å². The number of hydrogen-bond donors (Lipinski definition) is 0. The molecule has 11 heavy (non-hydrogen) atoms. The molecular formula is C10H19Y-. The van der Waals surface area contributed by atoms with Gasteiger partial charge in [0.2, 0.25) is 0 Å². The average Bonchev–Trinajstić information content (AvgIpc) is 1.97. The zero-order valence-corrected chi connectivity index (χ0v) is 10.5. The molecule has 0 saturated heterocycles. The van der Waals surface area contributed by atoms with Crippen molar-refractivity contribution in [2.45, 2.75) is 45.4 Å². The van der Waals surface area contributed by atoms with E-state index in [1.807, 2.05) is 0 Å². The molecule has 0 heterocycles. The Labute approximate surface area is 96.7 Å². The van der Waals surface area contributed by atoms with Gasteiger partial charge in [-0.25, -0.2) is 0 Å². The normalized spacial score (nSPS) is 10.0. The van der Waals surface area contributed by atoms with Crippen LogP contribution in [0.1, 0.15) is 45.4 Å². The summed E-state index contributed by atoms with van der Waals surface area (Å²) in [6.07, 6.45) is 12.0. The summed E-state index contributed by atoms with van der Waals surface area (Å²) in [6, 6.07) is 0. The van der Waals surface area contributed by atoms with Crippen molar-refractivity contribution in [2.75, 3.05) is 0 Å². The maximum Gasteiger partial charge on any atom is 0 e. The zero-order valence-electron chi connectivity index (χ0n) is 7.68. The van der Waals surface area contributed by atoms with Crippen molar-refractivity contribution in [1.29, 1.82) is 0 Å². The molecule has 0 atom stereocenters. The van der Waals surface area contributed by atoms with Crippen LogP contribution in [0.4, 0.5) is 0 Å². The standard InChI is InChI=1S/C10H19.Y/c1-3-5-7-9-10-8-6-4-2;/h9-10H,1,3-8H2,2H3;/q-1;/b10-9+;. The van der Waals surface area contributed by atoms with Crippen LogP contribution in [0.2, 0.25) is 0 Å². The van der Waals surface area contributed by atoms with E-state index in [1.54, 1.807) is 0 Å². The molecule has 0 spiro atoms. The van der Waals surface area contributed by atoms with E-state index in [1.165, 1.54) is 32.1 Å². The van der Waals surface area contributed by atoms with Crippen molar-refractivity contribution < 1.29 is 32.7 Å². The topological polar surface area (TPSA) is 0 Å². The largest absolute Gasteiger partial charge is 0.343 e. The smallest absolute Gasteiger partial charge is 0 e. The van der Waals surface area contributed by atoms with E-state index >= 15 is 0 Å². The monoisotopic (exact) mass is 228 g/mol. The SMILES string of the molecule is [CH2-]CCC/C=C/CCCC.[Y]. The van der Waals surface area contributed by atoms with Gasteiger partial charge in [-0.2, -0.15) is 6.42 Å². The molecule has 1 radical (unpaired) electrons. The fraction of sp³-hybridized carbons (Fsp3) is 0.700. The zero-order chi connectivity index (χ0) is 7.66. The van der Waals surface area contributed by atoms with E-state index in [-0.39, 0.29) is 32.7 Å². The molecule has 1 heteroatoms. The van der Waals surface area contributed by atoms with Gasteiger partial charge in [-0.1, -0.05) is 38.3 Å². The molecule has 0 saturated carbocycles. The Morgan fingerprint density at radius 2 is 1.64 bits per heavy atom. The van der Waals surface area contributed by atoms with E-state index in [0.717, 1.165) is 6.42 Å². The molecule has 0 aliphatic rings. The maximum atomic E-state index is 3.79. The van der Waals surface area contributed by atoms with Gasteiger partial charge in [0.25, 0.3) is 0 Å². The molecule has 0 amide bonds. The van der Waals surface area contributed by atoms with Crippen LogP contribution >= 0.6 is 0 Å². The van der Waals surface area contributed by atoms with Crippen molar-refractivity contribution in [3.8, 4) is 0 Å². The minimum Gasteiger partial charge on any atom is -0.343 e.